The normalized spacial score (nSPS) is 37.0. The number of phenols is 1. The highest BCUT2D eigenvalue weighted by atomic mass is 16.4. The second-order valence-electron chi connectivity index (χ2n) is 13.5. The van der Waals surface area contributed by atoms with E-state index in [-0.39, 0.29) is 22.3 Å². The van der Waals surface area contributed by atoms with Crippen LogP contribution >= 0.6 is 0 Å². The number of allylic oxidation sites excluding steroid dienone is 1. The molecule has 4 aliphatic carbocycles. The maximum absolute atomic E-state index is 14.5. The predicted octanol–water partition coefficient (Wildman–Crippen LogP) is 4.55. The van der Waals surface area contributed by atoms with Crippen molar-refractivity contribution in [2.24, 2.45) is 22.7 Å². The highest BCUT2D eigenvalue weighted by Crippen LogP contribution is 2.68. The van der Waals surface area contributed by atoms with Crippen LogP contribution in [-0.2, 0) is 19.8 Å². The van der Waals surface area contributed by atoms with E-state index in [1.54, 1.807) is 27.7 Å². The highest BCUT2D eigenvalue weighted by Gasteiger charge is 2.77. The summed E-state index contributed by atoms with van der Waals surface area (Å²) >= 11 is 0. The van der Waals surface area contributed by atoms with Crippen LogP contribution in [0.25, 0.3) is 5.76 Å². The van der Waals surface area contributed by atoms with Gasteiger partial charge < -0.3 is 25.5 Å². The van der Waals surface area contributed by atoms with Gasteiger partial charge in [-0.05, 0) is 42.6 Å². The van der Waals surface area contributed by atoms with Crippen LogP contribution in [0.1, 0.15) is 96.8 Å². The Morgan fingerprint density at radius 1 is 1.02 bits per heavy atom. The summed E-state index contributed by atoms with van der Waals surface area (Å²) in [5, 5.41) is 59.1. The molecule has 8 nitrogen and oxygen atoms in total. The van der Waals surface area contributed by atoms with Crippen molar-refractivity contribution in [3.05, 3.63) is 45.7 Å². The summed E-state index contributed by atoms with van der Waals surface area (Å²) in [6, 6.07) is 3.66. The molecule has 40 heavy (non-hydrogen) atoms. The SMILES string of the molecule is CC(=O)C1=C(O)[C@]2(O)C(=O)C3=C(O)c4c(ccc(C5(C)CCCC5)c4O)[C@@H](C)[C@]3(C)[C@@H](O)[C@]2(C)C(C(C)C)C1=O. The zero-order valence-electron chi connectivity index (χ0n) is 24.3. The number of aliphatic hydroxyl groups is 4. The second kappa shape index (κ2) is 8.52. The van der Waals surface area contributed by atoms with Crippen LogP contribution in [0.5, 0.6) is 5.75 Å². The standard InChI is InChI=1S/C32H40O8/c1-14(2)21-24(35)19(16(4)33)26(37)32(40)27(38)22-25(36)20-17(15(3)30(22,6)28(39)31(21,32)7)10-11-18(23(20)34)29(5)12-8-9-13-29/h10-11,14-15,21,28,34,36-37,39-40H,8-9,12-13H2,1-7H3/t15-,21?,28-,30+,31+,32+/m1/s1. The van der Waals surface area contributed by atoms with Gasteiger partial charge in [0.1, 0.15) is 22.8 Å². The zero-order valence-corrected chi connectivity index (χ0v) is 24.3. The van der Waals surface area contributed by atoms with Crippen molar-refractivity contribution < 1.29 is 39.9 Å². The number of Topliss-reactive ketones (excluding diaryl/α,β-unsaturated/α-hetero) is 3. The van der Waals surface area contributed by atoms with Crippen LogP contribution in [0.2, 0.25) is 0 Å². The lowest BCUT2D eigenvalue weighted by Gasteiger charge is -2.63. The third-order valence-electron chi connectivity index (χ3n) is 11.2. The lowest BCUT2D eigenvalue weighted by Crippen LogP contribution is -2.75. The van der Waals surface area contributed by atoms with Gasteiger partial charge in [-0.15, -0.1) is 0 Å². The number of aromatic hydroxyl groups is 1. The number of carbonyl (C=O) groups is 3. The fourth-order valence-corrected chi connectivity index (χ4v) is 8.84. The van der Waals surface area contributed by atoms with Gasteiger partial charge in [-0.3, -0.25) is 14.4 Å². The fourth-order valence-electron chi connectivity index (χ4n) is 8.84. The van der Waals surface area contributed by atoms with Gasteiger partial charge in [0.15, 0.2) is 17.2 Å². The average Bonchev–Trinajstić information content (AvgIpc) is 3.31. The first-order valence-electron chi connectivity index (χ1n) is 14.2. The Balaban J connectivity index is 1.86. The lowest BCUT2D eigenvalue weighted by molar-refractivity contribution is -0.215. The van der Waals surface area contributed by atoms with Crippen LogP contribution in [0.15, 0.2) is 29.0 Å². The van der Waals surface area contributed by atoms with Gasteiger partial charge in [0, 0.05) is 22.3 Å². The number of carbonyl (C=O) groups excluding carboxylic acids is 3. The van der Waals surface area contributed by atoms with Gasteiger partial charge in [-0.1, -0.05) is 66.5 Å². The van der Waals surface area contributed by atoms with E-state index in [2.05, 4.69) is 6.92 Å². The van der Waals surface area contributed by atoms with Gasteiger partial charge in [-0.25, -0.2) is 0 Å². The first kappa shape index (κ1) is 28.6. The van der Waals surface area contributed by atoms with Crippen LogP contribution in [-0.4, -0.2) is 54.6 Å². The van der Waals surface area contributed by atoms with E-state index < -0.39 is 74.7 Å². The molecule has 0 aromatic heterocycles. The summed E-state index contributed by atoms with van der Waals surface area (Å²) in [6.45, 7) is 11.3. The summed E-state index contributed by atoms with van der Waals surface area (Å²) < 4.78 is 0. The molecule has 1 aromatic carbocycles. The van der Waals surface area contributed by atoms with Crippen molar-refractivity contribution in [1.29, 1.82) is 0 Å². The smallest absolute Gasteiger partial charge is 0.203 e. The molecule has 0 spiro atoms. The zero-order chi connectivity index (χ0) is 29.9. The Morgan fingerprint density at radius 3 is 2.12 bits per heavy atom. The topological polar surface area (TPSA) is 152 Å². The van der Waals surface area contributed by atoms with Gasteiger partial charge in [0.25, 0.3) is 0 Å². The molecule has 6 atom stereocenters. The molecule has 5 N–H and O–H groups in total. The number of hydrogen-bond donors (Lipinski definition) is 5. The summed E-state index contributed by atoms with van der Waals surface area (Å²) in [5.74, 6) is -6.84. The quantitative estimate of drug-likeness (QED) is 0.342. The predicted molar refractivity (Wildman–Crippen MR) is 148 cm³/mol. The molecule has 216 valence electrons. The van der Waals surface area contributed by atoms with E-state index in [0.717, 1.165) is 32.6 Å². The number of rotatable bonds is 3. The van der Waals surface area contributed by atoms with Gasteiger partial charge in [-0.2, -0.15) is 0 Å². The van der Waals surface area contributed by atoms with E-state index in [9.17, 15) is 39.9 Å². The lowest BCUT2D eigenvalue weighted by atomic mass is 9.40. The molecule has 0 bridgehead atoms. The number of phenolic OH excluding ortho intramolecular Hbond substituents is 1. The highest BCUT2D eigenvalue weighted by molar-refractivity contribution is 6.24. The number of hydrogen-bond acceptors (Lipinski definition) is 8. The maximum atomic E-state index is 14.5. The van der Waals surface area contributed by atoms with Crippen molar-refractivity contribution in [2.75, 3.05) is 0 Å². The molecule has 0 heterocycles. The Kier molecular flexibility index (Phi) is 6.08. The molecule has 1 aromatic rings. The third kappa shape index (κ3) is 3.01. The Bertz CT molecular complexity index is 1430. The number of fused-ring (bicyclic) bond motifs is 3. The molecule has 2 saturated carbocycles. The Labute approximate surface area is 234 Å². The van der Waals surface area contributed by atoms with E-state index >= 15 is 0 Å². The van der Waals surface area contributed by atoms with E-state index in [1.807, 2.05) is 12.1 Å². The summed E-state index contributed by atoms with van der Waals surface area (Å²) in [6.07, 6.45) is 2.10. The molecule has 0 amide bonds. The molecule has 1 unspecified atom stereocenters. The molecule has 8 heteroatoms. The monoisotopic (exact) mass is 552 g/mol. The third-order valence-corrected chi connectivity index (χ3v) is 11.2. The van der Waals surface area contributed by atoms with Crippen LogP contribution in [0.4, 0.5) is 0 Å². The average molecular weight is 553 g/mol. The minimum Gasteiger partial charge on any atom is -0.508 e. The van der Waals surface area contributed by atoms with Gasteiger partial charge in [0.05, 0.1) is 17.2 Å². The molecule has 2 fully saturated rings. The molecule has 0 saturated heterocycles. The first-order valence-corrected chi connectivity index (χ1v) is 14.2. The van der Waals surface area contributed by atoms with Crippen molar-refractivity contribution in [3.63, 3.8) is 0 Å². The van der Waals surface area contributed by atoms with Gasteiger partial charge in [0.2, 0.25) is 5.78 Å². The largest absolute Gasteiger partial charge is 0.508 e. The summed E-state index contributed by atoms with van der Waals surface area (Å²) in [4.78, 5) is 40.7. The molecular weight excluding hydrogens is 512 g/mol. The number of aliphatic hydroxyl groups excluding tert-OH is 3. The Hall–Kier alpha value is -2.97. The van der Waals surface area contributed by atoms with Crippen molar-refractivity contribution in [3.8, 4) is 5.75 Å². The van der Waals surface area contributed by atoms with E-state index in [1.165, 1.54) is 6.92 Å². The minimum atomic E-state index is -2.87. The molecule has 0 radical (unpaired) electrons. The van der Waals surface area contributed by atoms with E-state index in [4.69, 9.17) is 0 Å². The van der Waals surface area contributed by atoms with E-state index in [0.29, 0.717) is 11.1 Å². The minimum absolute atomic E-state index is 0.0703. The Morgan fingerprint density at radius 2 is 1.60 bits per heavy atom. The molecular formula is C32H40O8. The summed E-state index contributed by atoms with van der Waals surface area (Å²) in [5.41, 5.74) is -6.40. The second-order valence-corrected chi connectivity index (χ2v) is 13.5. The van der Waals surface area contributed by atoms with Crippen molar-refractivity contribution in [2.45, 2.75) is 97.2 Å². The van der Waals surface area contributed by atoms with Crippen molar-refractivity contribution in [1.82, 2.24) is 0 Å². The van der Waals surface area contributed by atoms with Crippen LogP contribution in [0, 0.1) is 22.7 Å². The fraction of sp³-hybridized carbons (Fsp3) is 0.594. The van der Waals surface area contributed by atoms with Gasteiger partial charge >= 0.3 is 0 Å². The molecule has 4 aliphatic rings. The molecule has 5 rings (SSSR count). The maximum Gasteiger partial charge on any atom is 0.203 e. The van der Waals surface area contributed by atoms with Crippen LogP contribution in [0.3, 0.4) is 0 Å². The van der Waals surface area contributed by atoms with Crippen molar-refractivity contribution >= 4 is 23.1 Å². The number of benzene rings is 1. The molecule has 0 aliphatic heterocycles. The number of ketones is 3. The first-order chi connectivity index (χ1) is 18.4. The summed E-state index contributed by atoms with van der Waals surface area (Å²) in [7, 11) is 0. The van der Waals surface area contributed by atoms with Crippen LogP contribution < -0.4 is 0 Å².